The summed E-state index contributed by atoms with van der Waals surface area (Å²) >= 11 is 0. The van der Waals surface area contributed by atoms with Gasteiger partial charge in [-0.2, -0.15) is 0 Å². The molecule has 2 aromatic carbocycles. The molecule has 0 aliphatic rings. The number of ether oxygens (including phenoxy) is 1. The molecule has 1 N–H and O–H groups in total. The smallest absolute Gasteiger partial charge is 0.372 e. The highest BCUT2D eigenvalue weighted by molar-refractivity contribution is 6.35. The first-order chi connectivity index (χ1) is 9.08. The predicted molar refractivity (Wildman–Crippen MR) is 66.8 cm³/mol. The van der Waals surface area contributed by atoms with Gasteiger partial charge >= 0.3 is 11.9 Å². The number of Topliss-reactive ketones (excluding diaryl/α,β-unsaturated/α-hetero) is 1. The number of hydrogen-bond donors (Lipinski definition) is 1. The lowest BCUT2D eigenvalue weighted by atomic mass is 10.1. The molecule has 0 amide bonds. The topological polar surface area (TPSA) is 80.7 Å². The van der Waals surface area contributed by atoms with Crippen LogP contribution in [0, 0.1) is 0 Å². The Hall–Kier alpha value is -2.69. The molecule has 0 unspecified atom stereocenters. The zero-order chi connectivity index (χ0) is 13.8. The summed E-state index contributed by atoms with van der Waals surface area (Å²) in [6.45, 7) is 0. The Labute approximate surface area is 108 Å². The number of carbonyl (C=O) groups excluding carboxylic acids is 2. The molecule has 0 aliphatic carbocycles. The van der Waals surface area contributed by atoms with Crippen LogP contribution in [0.25, 0.3) is 10.8 Å². The number of fused-ring (bicyclic) bond motifs is 1. The van der Waals surface area contributed by atoms with E-state index >= 15 is 0 Å². The average molecular weight is 258 g/mol. The number of rotatable bonds is 4. The van der Waals surface area contributed by atoms with Gasteiger partial charge in [-0.05, 0) is 11.5 Å². The fourth-order valence-electron chi connectivity index (χ4n) is 1.65. The minimum atomic E-state index is -1.64. The molecule has 2 aromatic rings. The maximum atomic E-state index is 11.5. The Balaban J connectivity index is 2.20. The van der Waals surface area contributed by atoms with Crippen molar-refractivity contribution < 1.29 is 24.2 Å². The van der Waals surface area contributed by atoms with E-state index in [1.54, 1.807) is 24.3 Å². The molecule has 0 bridgehead atoms. The lowest BCUT2D eigenvalue weighted by Crippen LogP contribution is -2.20. The Morgan fingerprint density at radius 1 is 1.00 bits per heavy atom. The molecule has 0 fully saturated rings. The lowest BCUT2D eigenvalue weighted by molar-refractivity contribution is -0.152. The zero-order valence-electron chi connectivity index (χ0n) is 9.83. The van der Waals surface area contributed by atoms with Gasteiger partial charge in [0.25, 0.3) is 5.78 Å². The van der Waals surface area contributed by atoms with Gasteiger partial charge in [0.15, 0.2) is 0 Å². The summed E-state index contributed by atoms with van der Waals surface area (Å²) < 4.78 is 5.03. The van der Waals surface area contributed by atoms with Gasteiger partial charge in [0, 0.05) is 5.39 Å². The molecule has 2 rings (SSSR count). The fraction of sp³-hybridized carbons (Fsp3) is 0.0714. The highest BCUT2D eigenvalue weighted by Crippen LogP contribution is 2.25. The lowest BCUT2D eigenvalue weighted by Gasteiger charge is -2.06. The summed E-state index contributed by atoms with van der Waals surface area (Å²) in [5.74, 6) is -3.41. The molecule has 0 aromatic heterocycles. The molecule has 0 spiro atoms. The standard InChI is InChI=1S/C14H10O5/c15-11(14(17)18)8-13(16)19-12-7-3-5-9-4-1-2-6-10(9)12/h1-7H,8H2,(H,17,18). The van der Waals surface area contributed by atoms with Crippen molar-refractivity contribution in [3.8, 4) is 5.75 Å². The van der Waals surface area contributed by atoms with Crippen LogP contribution in [0.3, 0.4) is 0 Å². The van der Waals surface area contributed by atoms with Gasteiger partial charge in [-0.25, -0.2) is 4.79 Å². The molecule has 0 atom stereocenters. The van der Waals surface area contributed by atoms with Gasteiger partial charge in [-0.15, -0.1) is 0 Å². The molecular weight excluding hydrogens is 248 g/mol. The van der Waals surface area contributed by atoms with Crippen LogP contribution in [0.1, 0.15) is 6.42 Å². The third kappa shape index (κ3) is 2.95. The second kappa shape index (κ2) is 5.30. The van der Waals surface area contributed by atoms with Crippen LogP contribution in [0.4, 0.5) is 0 Å². The predicted octanol–water partition coefficient (Wildman–Crippen LogP) is 1.79. The van der Waals surface area contributed by atoms with Gasteiger partial charge in [-0.3, -0.25) is 9.59 Å². The summed E-state index contributed by atoms with van der Waals surface area (Å²) in [6.07, 6.45) is -0.779. The van der Waals surface area contributed by atoms with E-state index in [-0.39, 0.29) is 0 Å². The number of ketones is 1. The highest BCUT2D eigenvalue weighted by atomic mass is 16.5. The Morgan fingerprint density at radius 3 is 2.42 bits per heavy atom. The molecule has 0 saturated carbocycles. The summed E-state index contributed by atoms with van der Waals surface area (Å²) in [5, 5.41) is 10.0. The minimum Gasteiger partial charge on any atom is -0.475 e. The van der Waals surface area contributed by atoms with Crippen LogP contribution in [-0.2, 0) is 14.4 Å². The van der Waals surface area contributed by atoms with Crippen molar-refractivity contribution in [2.75, 3.05) is 0 Å². The number of benzene rings is 2. The molecule has 96 valence electrons. The van der Waals surface area contributed by atoms with Crippen molar-refractivity contribution in [1.29, 1.82) is 0 Å². The molecule has 5 heteroatoms. The second-order valence-corrected chi connectivity index (χ2v) is 3.86. The van der Waals surface area contributed by atoms with E-state index in [0.29, 0.717) is 5.75 Å². The molecule has 0 heterocycles. The average Bonchev–Trinajstić information content (AvgIpc) is 2.39. The molecule has 0 aliphatic heterocycles. The molecule has 0 radical (unpaired) electrons. The van der Waals surface area contributed by atoms with E-state index in [2.05, 4.69) is 0 Å². The number of carboxylic acids is 1. The van der Waals surface area contributed by atoms with Crippen LogP contribution < -0.4 is 4.74 Å². The zero-order valence-corrected chi connectivity index (χ0v) is 9.83. The van der Waals surface area contributed by atoms with E-state index < -0.39 is 24.1 Å². The van der Waals surface area contributed by atoms with E-state index in [1.807, 2.05) is 18.2 Å². The monoisotopic (exact) mass is 258 g/mol. The van der Waals surface area contributed by atoms with Crippen molar-refractivity contribution in [1.82, 2.24) is 0 Å². The van der Waals surface area contributed by atoms with E-state index in [9.17, 15) is 14.4 Å². The van der Waals surface area contributed by atoms with E-state index in [4.69, 9.17) is 9.84 Å². The Bertz CT molecular complexity index is 654. The van der Waals surface area contributed by atoms with Crippen molar-refractivity contribution in [3.05, 3.63) is 42.5 Å². The van der Waals surface area contributed by atoms with Gasteiger partial charge in [0.2, 0.25) is 0 Å². The number of hydrogen-bond acceptors (Lipinski definition) is 4. The largest absolute Gasteiger partial charge is 0.475 e. The first kappa shape index (κ1) is 12.8. The van der Waals surface area contributed by atoms with Gasteiger partial charge < -0.3 is 9.84 Å². The van der Waals surface area contributed by atoms with Crippen molar-refractivity contribution in [2.45, 2.75) is 6.42 Å². The molecule has 19 heavy (non-hydrogen) atoms. The third-order valence-electron chi connectivity index (χ3n) is 2.52. The SMILES string of the molecule is O=C(CC(=O)C(=O)O)Oc1cccc2ccccc12. The van der Waals surface area contributed by atoms with E-state index in [1.165, 1.54) is 0 Å². The number of esters is 1. The van der Waals surface area contributed by atoms with Crippen molar-refractivity contribution in [3.63, 3.8) is 0 Å². The van der Waals surface area contributed by atoms with Crippen molar-refractivity contribution in [2.24, 2.45) is 0 Å². The van der Waals surface area contributed by atoms with Crippen LogP contribution in [-0.4, -0.2) is 22.8 Å². The number of carbonyl (C=O) groups is 3. The van der Waals surface area contributed by atoms with E-state index in [0.717, 1.165) is 10.8 Å². The highest BCUT2D eigenvalue weighted by Gasteiger charge is 2.18. The van der Waals surface area contributed by atoms with Crippen LogP contribution in [0.15, 0.2) is 42.5 Å². The fourth-order valence-corrected chi connectivity index (χ4v) is 1.65. The number of aliphatic carboxylic acids is 1. The molecular formula is C14H10O5. The quantitative estimate of drug-likeness (QED) is 0.391. The summed E-state index contributed by atoms with van der Waals surface area (Å²) in [5.41, 5.74) is 0. The van der Waals surface area contributed by atoms with Gasteiger partial charge in [0.1, 0.15) is 12.2 Å². The van der Waals surface area contributed by atoms with Gasteiger partial charge in [-0.1, -0.05) is 36.4 Å². The number of carboxylic acid groups (broad SMARTS) is 1. The Kier molecular flexibility index (Phi) is 3.56. The van der Waals surface area contributed by atoms with Crippen LogP contribution in [0.5, 0.6) is 5.75 Å². The molecule has 0 saturated heterocycles. The maximum absolute atomic E-state index is 11.5. The Morgan fingerprint density at radius 2 is 1.68 bits per heavy atom. The maximum Gasteiger partial charge on any atom is 0.372 e. The van der Waals surface area contributed by atoms with Crippen LogP contribution >= 0.6 is 0 Å². The summed E-state index contributed by atoms with van der Waals surface area (Å²) in [4.78, 5) is 32.7. The first-order valence-corrected chi connectivity index (χ1v) is 5.52. The van der Waals surface area contributed by atoms with Crippen molar-refractivity contribution >= 4 is 28.5 Å². The summed E-state index contributed by atoms with van der Waals surface area (Å²) in [7, 11) is 0. The normalized spacial score (nSPS) is 10.1. The summed E-state index contributed by atoms with van der Waals surface area (Å²) in [6, 6.07) is 12.4. The minimum absolute atomic E-state index is 0.307. The van der Waals surface area contributed by atoms with Crippen LogP contribution in [0.2, 0.25) is 0 Å². The van der Waals surface area contributed by atoms with Gasteiger partial charge in [0.05, 0.1) is 0 Å². The molecule has 5 nitrogen and oxygen atoms in total. The third-order valence-corrected chi connectivity index (χ3v) is 2.52. The second-order valence-electron chi connectivity index (χ2n) is 3.86. The first-order valence-electron chi connectivity index (χ1n) is 5.52.